The highest BCUT2D eigenvalue weighted by Crippen LogP contribution is 2.19. The average Bonchev–Trinajstić information content (AvgIpc) is 2.89. The molecule has 0 spiro atoms. The van der Waals surface area contributed by atoms with Crippen molar-refractivity contribution in [2.75, 3.05) is 6.61 Å². The zero-order chi connectivity index (χ0) is 9.26. The Kier molecular flexibility index (Phi) is 2.36. The Bertz CT molecular complexity index is 270. The Morgan fingerprint density at radius 1 is 1.31 bits per heavy atom. The van der Waals surface area contributed by atoms with Gasteiger partial charge in [0.25, 0.3) is 0 Å². The van der Waals surface area contributed by atoms with E-state index in [-0.39, 0.29) is 0 Å². The van der Waals surface area contributed by atoms with E-state index in [1.807, 2.05) is 0 Å². The molecule has 1 heterocycles. The first-order valence-electron chi connectivity index (χ1n) is 4.96. The van der Waals surface area contributed by atoms with Crippen LogP contribution in [0.15, 0.2) is 24.3 Å². The summed E-state index contributed by atoms with van der Waals surface area (Å²) in [4.78, 5) is 0. The lowest BCUT2D eigenvalue weighted by atomic mass is 10.0. The van der Waals surface area contributed by atoms with Crippen molar-refractivity contribution >= 4 is 0 Å². The van der Waals surface area contributed by atoms with Gasteiger partial charge < -0.3 is 4.74 Å². The fourth-order valence-corrected chi connectivity index (χ4v) is 1.49. The van der Waals surface area contributed by atoms with Crippen LogP contribution in [0.5, 0.6) is 0 Å². The lowest BCUT2D eigenvalue weighted by molar-refractivity contribution is 0.407. The summed E-state index contributed by atoms with van der Waals surface area (Å²) in [6.45, 7) is 5.39. The number of hydrogen-bond donors (Lipinski definition) is 0. The van der Waals surface area contributed by atoms with Crippen LogP contribution < -0.4 is 0 Å². The van der Waals surface area contributed by atoms with Gasteiger partial charge in [-0.1, -0.05) is 38.1 Å². The Morgan fingerprint density at radius 2 is 1.92 bits per heavy atom. The molecular weight excluding hydrogens is 160 g/mol. The van der Waals surface area contributed by atoms with Crippen LogP contribution in [0.1, 0.15) is 30.9 Å². The van der Waals surface area contributed by atoms with Crippen molar-refractivity contribution in [1.82, 2.24) is 0 Å². The van der Waals surface area contributed by atoms with Crippen LogP contribution in [0.25, 0.3) is 0 Å². The molecule has 0 bridgehead atoms. The van der Waals surface area contributed by atoms with E-state index in [9.17, 15) is 0 Å². The van der Waals surface area contributed by atoms with Crippen molar-refractivity contribution in [2.24, 2.45) is 0 Å². The smallest absolute Gasteiger partial charge is 0.0850 e. The maximum atomic E-state index is 5.19. The van der Waals surface area contributed by atoms with E-state index in [0.717, 1.165) is 13.0 Å². The predicted octanol–water partition coefficient (Wildman–Crippen LogP) is 2.75. The van der Waals surface area contributed by atoms with Crippen LogP contribution in [0.2, 0.25) is 0 Å². The minimum Gasteiger partial charge on any atom is -0.373 e. The molecule has 0 N–H and O–H groups in total. The molecule has 1 aliphatic rings. The molecule has 0 radical (unpaired) electrons. The number of rotatable bonds is 3. The topological polar surface area (TPSA) is 12.5 Å². The maximum Gasteiger partial charge on any atom is 0.0850 e. The summed E-state index contributed by atoms with van der Waals surface area (Å²) in [7, 11) is 0. The van der Waals surface area contributed by atoms with Gasteiger partial charge in [-0.2, -0.15) is 0 Å². The van der Waals surface area contributed by atoms with Crippen LogP contribution in [-0.2, 0) is 11.2 Å². The number of benzene rings is 1. The largest absolute Gasteiger partial charge is 0.373 e. The zero-order valence-corrected chi connectivity index (χ0v) is 8.29. The second-order valence-electron chi connectivity index (χ2n) is 4.06. The van der Waals surface area contributed by atoms with Gasteiger partial charge in [-0.3, -0.25) is 0 Å². The predicted molar refractivity (Wildman–Crippen MR) is 54.0 cm³/mol. The van der Waals surface area contributed by atoms with E-state index in [1.54, 1.807) is 0 Å². The highest BCUT2D eigenvalue weighted by atomic mass is 16.6. The normalized spacial score (nSPS) is 20.7. The van der Waals surface area contributed by atoms with Gasteiger partial charge >= 0.3 is 0 Å². The molecule has 1 saturated heterocycles. The molecule has 2 rings (SSSR count). The maximum absolute atomic E-state index is 5.19. The van der Waals surface area contributed by atoms with Crippen molar-refractivity contribution in [2.45, 2.75) is 32.3 Å². The molecule has 1 fully saturated rings. The molecule has 1 aliphatic heterocycles. The lowest BCUT2D eigenvalue weighted by Gasteiger charge is -2.05. The van der Waals surface area contributed by atoms with Crippen LogP contribution >= 0.6 is 0 Å². The first-order chi connectivity index (χ1) is 6.25. The molecule has 1 unspecified atom stereocenters. The SMILES string of the molecule is CC(C)c1ccc(CC2CO2)cc1. The Morgan fingerprint density at radius 3 is 2.38 bits per heavy atom. The van der Waals surface area contributed by atoms with Crippen molar-refractivity contribution in [1.29, 1.82) is 0 Å². The molecule has 13 heavy (non-hydrogen) atoms. The second-order valence-corrected chi connectivity index (χ2v) is 4.06. The number of ether oxygens (including phenoxy) is 1. The fourth-order valence-electron chi connectivity index (χ4n) is 1.49. The molecule has 0 aliphatic carbocycles. The summed E-state index contributed by atoms with van der Waals surface area (Å²) in [5, 5.41) is 0. The quantitative estimate of drug-likeness (QED) is 0.645. The van der Waals surface area contributed by atoms with E-state index in [4.69, 9.17) is 4.74 Å². The van der Waals surface area contributed by atoms with Gasteiger partial charge in [0.2, 0.25) is 0 Å². The first-order valence-corrected chi connectivity index (χ1v) is 4.96. The molecule has 0 saturated carbocycles. The Labute approximate surface area is 79.7 Å². The summed E-state index contributed by atoms with van der Waals surface area (Å²) in [5.74, 6) is 0.631. The van der Waals surface area contributed by atoms with E-state index in [0.29, 0.717) is 12.0 Å². The molecule has 1 nitrogen and oxygen atoms in total. The minimum atomic E-state index is 0.505. The molecule has 1 atom stereocenters. The van der Waals surface area contributed by atoms with Gasteiger partial charge in [-0.05, 0) is 17.0 Å². The van der Waals surface area contributed by atoms with E-state index < -0.39 is 0 Å². The number of epoxide rings is 1. The summed E-state index contributed by atoms with van der Waals surface area (Å²) in [5.41, 5.74) is 2.81. The number of hydrogen-bond acceptors (Lipinski definition) is 1. The van der Waals surface area contributed by atoms with E-state index in [2.05, 4.69) is 38.1 Å². The monoisotopic (exact) mass is 176 g/mol. The van der Waals surface area contributed by atoms with Gasteiger partial charge in [0.05, 0.1) is 12.7 Å². The highest BCUT2D eigenvalue weighted by Gasteiger charge is 2.22. The standard InChI is InChI=1S/C12H16O/c1-9(2)11-5-3-10(4-6-11)7-12-8-13-12/h3-6,9,12H,7-8H2,1-2H3. The Balaban J connectivity index is 2.04. The molecule has 0 amide bonds. The van der Waals surface area contributed by atoms with Crippen molar-refractivity contribution < 1.29 is 4.74 Å². The molecular formula is C12H16O. The summed E-state index contributed by atoms with van der Waals surface area (Å²) in [6, 6.07) is 8.89. The molecule has 1 heteroatoms. The highest BCUT2D eigenvalue weighted by molar-refractivity contribution is 5.25. The third kappa shape index (κ3) is 2.31. The third-order valence-corrected chi connectivity index (χ3v) is 2.51. The molecule has 0 aromatic heterocycles. The van der Waals surface area contributed by atoms with Gasteiger partial charge in [0.15, 0.2) is 0 Å². The molecule has 70 valence electrons. The summed E-state index contributed by atoms with van der Waals surface area (Å²) < 4.78 is 5.19. The minimum absolute atomic E-state index is 0.505. The average molecular weight is 176 g/mol. The molecule has 1 aromatic rings. The lowest BCUT2D eigenvalue weighted by Crippen LogP contribution is -1.94. The van der Waals surface area contributed by atoms with Crippen LogP contribution in [-0.4, -0.2) is 12.7 Å². The van der Waals surface area contributed by atoms with Gasteiger partial charge in [0, 0.05) is 6.42 Å². The Hall–Kier alpha value is -0.820. The van der Waals surface area contributed by atoms with Crippen molar-refractivity contribution in [3.8, 4) is 0 Å². The van der Waals surface area contributed by atoms with Crippen molar-refractivity contribution in [3.05, 3.63) is 35.4 Å². The van der Waals surface area contributed by atoms with E-state index >= 15 is 0 Å². The zero-order valence-electron chi connectivity index (χ0n) is 8.29. The van der Waals surface area contributed by atoms with Gasteiger partial charge in [-0.25, -0.2) is 0 Å². The van der Waals surface area contributed by atoms with Gasteiger partial charge in [-0.15, -0.1) is 0 Å². The summed E-state index contributed by atoms with van der Waals surface area (Å²) in [6.07, 6.45) is 1.59. The fraction of sp³-hybridized carbons (Fsp3) is 0.500. The van der Waals surface area contributed by atoms with Crippen LogP contribution in [0.3, 0.4) is 0 Å². The third-order valence-electron chi connectivity index (χ3n) is 2.51. The second kappa shape index (κ2) is 3.51. The van der Waals surface area contributed by atoms with Crippen LogP contribution in [0, 0.1) is 0 Å². The first kappa shape index (κ1) is 8.76. The van der Waals surface area contributed by atoms with Gasteiger partial charge in [0.1, 0.15) is 0 Å². The van der Waals surface area contributed by atoms with Crippen molar-refractivity contribution in [3.63, 3.8) is 0 Å². The van der Waals surface area contributed by atoms with Crippen LogP contribution in [0.4, 0.5) is 0 Å². The summed E-state index contributed by atoms with van der Waals surface area (Å²) >= 11 is 0. The molecule has 1 aromatic carbocycles. The van der Waals surface area contributed by atoms with E-state index in [1.165, 1.54) is 11.1 Å².